The van der Waals surface area contributed by atoms with Crippen molar-refractivity contribution in [1.29, 1.82) is 5.26 Å². The minimum Gasteiger partial charge on any atom is -0.388 e. The zero-order valence-corrected chi connectivity index (χ0v) is 10.7. The first-order chi connectivity index (χ1) is 9.17. The normalized spacial score (nSPS) is 17.0. The minimum atomic E-state index is -0.664. The van der Waals surface area contributed by atoms with Crippen molar-refractivity contribution in [1.82, 2.24) is 0 Å². The molecule has 1 aliphatic rings. The molecule has 0 saturated carbocycles. The molecule has 0 aromatic heterocycles. The van der Waals surface area contributed by atoms with Gasteiger partial charge in [-0.25, -0.2) is 4.39 Å². The lowest BCUT2D eigenvalue weighted by molar-refractivity contribution is 0.175. The van der Waals surface area contributed by atoms with Crippen molar-refractivity contribution >= 4 is 11.8 Å². The highest BCUT2D eigenvalue weighted by molar-refractivity contribution is 7.99. The van der Waals surface area contributed by atoms with E-state index in [0.717, 1.165) is 20.9 Å². The van der Waals surface area contributed by atoms with Crippen molar-refractivity contribution in [3.63, 3.8) is 0 Å². The number of halogens is 1. The van der Waals surface area contributed by atoms with E-state index >= 15 is 0 Å². The minimum absolute atomic E-state index is 0.280. The van der Waals surface area contributed by atoms with Crippen LogP contribution in [0.15, 0.2) is 46.2 Å². The average Bonchev–Trinajstić information content (AvgIpc) is 2.54. The highest BCUT2D eigenvalue weighted by Gasteiger charge is 2.21. The van der Waals surface area contributed by atoms with Crippen LogP contribution < -0.4 is 0 Å². The molecule has 1 heterocycles. The summed E-state index contributed by atoms with van der Waals surface area (Å²) in [5.41, 5.74) is 2.19. The van der Waals surface area contributed by atoms with E-state index in [1.807, 2.05) is 6.07 Å². The quantitative estimate of drug-likeness (QED) is 0.798. The monoisotopic (exact) mass is 271 g/mol. The van der Waals surface area contributed by atoms with Crippen LogP contribution in [0.5, 0.6) is 0 Å². The van der Waals surface area contributed by atoms with Crippen molar-refractivity contribution in [2.45, 2.75) is 22.3 Å². The molecule has 0 amide bonds. The summed E-state index contributed by atoms with van der Waals surface area (Å²) in [6.07, 6.45) is -0.229. The maximum atomic E-state index is 13.3. The summed E-state index contributed by atoms with van der Waals surface area (Å²) in [5, 5.41) is 19.2. The van der Waals surface area contributed by atoms with Crippen LogP contribution in [0, 0.1) is 17.1 Å². The van der Waals surface area contributed by atoms with Crippen LogP contribution in [-0.2, 0) is 6.42 Å². The average molecular weight is 271 g/mol. The van der Waals surface area contributed by atoms with E-state index in [1.54, 1.807) is 18.2 Å². The molecule has 4 heteroatoms. The van der Waals surface area contributed by atoms with Crippen molar-refractivity contribution in [2.24, 2.45) is 0 Å². The van der Waals surface area contributed by atoms with Crippen molar-refractivity contribution in [3.05, 3.63) is 58.9 Å². The maximum absolute atomic E-state index is 13.3. The Balaban J connectivity index is 2.13. The molecular formula is C15H10FNOS. The summed E-state index contributed by atoms with van der Waals surface area (Å²) in [5.74, 6) is -0.280. The van der Waals surface area contributed by atoms with Gasteiger partial charge in [-0.2, -0.15) is 5.26 Å². The van der Waals surface area contributed by atoms with Gasteiger partial charge in [-0.15, -0.1) is 0 Å². The van der Waals surface area contributed by atoms with Gasteiger partial charge < -0.3 is 5.11 Å². The predicted octanol–water partition coefficient (Wildman–Crippen LogP) is 3.44. The Morgan fingerprint density at radius 2 is 2.05 bits per heavy atom. The Labute approximate surface area is 114 Å². The summed E-state index contributed by atoms with van der Waals surface area (Å²) in [7, 11) is 0. The first-order valence-electron chi connectivity index (χ1n) is 5.86. The molecule has 0 bridgehead atoms. The molecule has 2 aromatic rings. The summed E-state index contributed by atoms with van der Waals surface area (Å²) < 4.78 is 13.3. The smallest absolute Gasteiger partial charge is 0.124 e. The second-order valence-corrected chi connectivity index (χ2v) is 5.52. The molecule has 1 aliphatic heterocycles. The zero-order chi connectivity index (χ0) is 13.4. The number of fused-ring (bicyclic) bond motifs is 2. The molecule has 0 saturated heterocycles. The Morgan fingerprint density at radius 3 is 2.84 bits per heavy atom. The highest BCUT2D eigenvalue weighted by atomic mass is 32.2. The van der Waals surface area contributed by atoms with E-state index in [9.17, 15) is 9.50 Å². The van der Waals surface area contributed by atoms with Gasteiger partial charge in [0.05, 0.1) is 17.7 Å². The van der Waals surface area contributed by atoms with Crippen LogP contribution in [-0.4, -0.2) is 5.11 Å². The van der Waals surface area contributed by atoms with E-state index in [0.29, 0.717) is 12.0 Å². The van der Waals surface area contributed by atoms with Gasteiger partial charge >= 0.3 is 0 Å². The summed E-state index contributed by atoms with van der Waals surface area (Å²) >= 11 is 1.43. The van der Waals surface area contributed by atoms with Crippen LogP contribution >= 0.6 is 11.8 Å². The molecule has 0 fully saturated rings. The molecule has 1 unspecified atom stereocenters. The fourth-order valence-electron chi connectivity index (χ4n) is 2.20. The Kier molecular flexibility index (Phi) is 3.02. The first-order valence-corrected chi connectivity index (χ1v) is 6.67. The standard InChI is InChI=1S/C15H10FNOS/c16-11-3-2-10-6-13(18)12-5-9(8-17)1-4-14(12)19-15(10)7-11/h1-5,7,13,18H,6H2. The molecule has 1 N–H and O–H groups in total. The molecule has 2 aromatic carbocycles. The Morgan fingerprint density at radius 1 is 1.21 bits per heavy atom. The van der Waals surface area contributed by atoms with Gasteiger partial charge in [0.15, 0.2) is 0 Å². The lowest BCUT2D eigenvalue weighted by atomic mass is 10.00. The topological polar surface area (TPSA) is 44.0 Å². The molecule has 0 radical (unpaired) electrons. The number of hydrogen-bond donors (Lipinski definition) is 1. The van der Waals surface area contributed by atoms with Crippen LogP contribution in [0.25, 0.3) is 0 Å². The second kappa shape index (κ2) is 4.69. The van der Waals surface area contributed by atoms with Gasteiger partial charge in [0.25, 0.3) is 0 Å². The maximum Gasteiger partial charge on any atom is 0.124 e. The second-order valence-electron chi connectivity index (χ2n) is 4.44. The lowest BCUT2D eigenvalue weighted by Gasteiger charge is -2.11. The molecule has 0 aliphatic carbocycles. The highest BCUT2D eigenvalue weighted by Crippen LogP contribution is 2.41. The third-order valence-electron chi connectivity index (χ3n) is 3.16. The fraction of sp³-hybridized carbons (Fsp3) is 0.133. The summed E-state index contributed by atoms with van der Waals surface area (Å²) in [4.78, 5) is 1.69. The predicted molar refractivity (Wildman–Crippen MR) is 70.3 cm³/mol. The van der Waals surface area contributed by atoms with E-state index in [4.69, 9.17) is 5.26 Å². The van der Waals surface area contributed by atoms with Crippen LogP contribution in [0.1, 0.15) is 22.8 Å². The first kappa shape index (κ1) is 12.2. The third kappa shape index (κ3) is 2.23. The van der Waals surface area contributed by atoms with Gasteiger partial charge in [0.2, 0.25) is 0 Å². The molecule has 2 nitrogen and oxygen atoms in total. The number of aliphatic hydroxyl groups is 1. The molecular weight excluding hydrogens is 261 g/mol. The number of aliphatic hydroxyl groups excluding tert-OH is 1. The lowest BCUT2D eigenvalue weighted by Crippen LogP contribution is -2.02. The van der Waals surface area contributed by atoms with E-state index in [1.165, 1.54) is 23.9 Å². The number of hydrogen-bond acceptors (Lipinski definition) is 3. The summed E-state index contributed by atoms with van der Waals surface area (Å²) in [6.45, 7) is 0. The molecule has 0 spiro atoms. The number of benzene rings is 2. The number of rotatable bonds is 0. The third-order valence-corrected chi connectivity index (χ3v) is 4.35. The van der Waals surface area contributed by atoms with Crippen molar-refractivity contribution in [2.75, 3.05) is 0 Å². The van der Waals surface area contributed by atoms with Gasteiger partial charge in [-0.3, -0.25) is 0 Å². The summed E-state index contributed by atoms with van der Waals surface area (Å²) in [6, 6.07) is 11.9. The fourth-order valence-corrected chi connectivity index (χ4v) is 3.34. The van der Waals surface area contributed by atoms with Gasteiger partial charge in [0.1, 0.15) is 5.82 Å². The largest absolute Gasteiger partial charge is 0.388 e. The van der Waals surface area contributed by atoms with Crippen LogP contribution in [0.4, 0.5) is 4.39 Å². The van der Waals surface area contributed by atoms with Crippen molar-refractivity contribution in [3.8, 4) is 6.07 Å². The van der Waals surface area contributed by atoms with Gasteiger partial charge in [0, 0.05) is 16.2 Å². The molecule has 19 heavy (non-hydrogen) atoms. The molecule has 3 rings (SSSR count). The zero-order valence-electron chi connectivity index (χ0n) is 9.93. The SMILES string of the molecule is N#Cc1ccc2c(c1)C(O)Cc1ccc(F)cc1S2. The van der Waals surface area contributed by atoms with Crippen LogP contribution in [0.3, 0.4) is 0 Å². The van der Waals surface area contributed by atoms with E-state index in [-0.39, 0.29) is 5.82 Å². The number of nitrogens with zero attached hydrogens (tertiary/aromatic N) is 1. The Bertz CT molecular complexity index is 693. The Hall–Kier alpha value is -1.83. The molecule has 94 valence electrons. The van der Waals surface area contributed by atoms with Gasteiger partial charge in [-0.05, 0) is 41.5 Å². The van der Waals surface area contributed by atoms with Crippen molar-refractivity contribution < 1.29 is 9.50 Å². The van der Waals surface area contributed by atoms with Gasteiger partial charge in [-0.1, -0.05) is 17.8 Å². The number of nitriles is 1. The molecule has 1 atom stereocenters. The van der Waals surface area contributed by atoms with Crippen LogP contribution in [0.2, 0.25) is 0 Å². The van der Waals surface area contributed by atoms with E-state index in [2.05, 4.69) is 6.07 Å². The van der Waals surface area contributed by atoms with E-state index < -0.39 is 6.10 Å².